The first-order chi connectivity index (χ1) is 10.7. The van der Waals surface area contributed by atoms with Gasteiger partial charge in [0.25, 0.3) is 0 Å². The van der Waals surface area contributed by atoms with Gasteiger partial charge in [-0.05, 0) is 13.3 Å². The minimum Gasteiger partial charge on any atom is -0.481 e. The van der Waals surface area contributed by atoms with Crippen LogP contribution in [0.15, 0.2) is 12.3 Å². The Balaban J connectivity index is 1.53. The molecule has 7 heteroatoms. The van der Waals surface area contributed by atoms with E-state index in [1.165, 1.54) is 0 Å². The van der Waals surface area contributed by atoms with Gasteiger partial charge in [0.1, 0.15) is 0 Å². The number of aromatic nitrogens is 2. The summed E-state index contributed by atoms with van der Waals surface area (Å²) in [5.41, 5.74) is 0. The maximum atomic E-state index is 12.4. The van der Waals surface area contributed by atoms with Crippen LogP contribution in [-0.4, -0.2) is 66.8 Å². The number of anilines is 1. The highest BCUT2D eigenvalue weighted by Gasteiger charge is 2.46. The molecule has 1 amide bonds. The molecule has 22 heavy (non-hydrogen) atoms. The van der Waals surface area contributed by atoms with E-state index in [-0.39, 0.29) is 17.9 Å². The van der Waals surface area contributed by atoms with Gasteiger partial charge in [-0.3, -0.25) is 4.79 Å². The number of methoxy groups -OCH3 is 1. The maximum Gasteiger partial charge on any atom is 0.228 e. The molecule has 3 rings (SSSR count). The number of hydrogen-bond acceptors (Lipinski definition) is 6. The van der Waals surface area contributed by atoms with Crippen LogP contribution < -0.4 is 9.64 Å². The molecule has 2 fully saturated rings. The summed E-state index contributed by atoms with van der Waals surface area (Å²) in [6, 6.07) is 1.73. The number of amides is 1. The summed E-state index contributed by atoms with van der Waals surface area (Å²) in [7, 11) is 1.59. The molecule has 1 aromatic heterocycles. The number of nitrogens with zero attached hydrogens (tertiary/aromatic N) is 4. The van der Waals surface area contributed by atoms with E-state index < -0.39 is 0 Å². The van der Waals surface area contributed by atoms with Crippen molar-refractivity contribution >= 4 is 11.9 Å². The minimum absolute atomic E-state index is 0.0690. The molecule has 0 unspecified atom stereocenters. The lowest BCUT2D eigenvalue weighted by Gasteiger charge is -2.34. The van der Waals surface area contributed by atoms with Crippen molar-refractivity contribution in [1.82, 2.24) is 14.9 Å². The normalized spacial score (nSPS) is 24.3. The second-order valence-electron chi connectivity index (χ2n) is 5.55. The molecule has 0 spiro atoms. The van der Waals surface area contributed by atoms with E-state index in [9.17, 15) is 4.79 Å². The summed E-state index contributed by atoms with van der Waals surface area (Å²) in [4.78, 5) is 25.0. The van der Waals surface area contributed by atoms with Gasteiger partial charge in [0, 0.05) is 45.0 Å². The van der Waals surface area contributed by atoms with Crippen LogP contribution in [0.2, 0.25) is 0 Å². The van der Waals surface area contributed by atoms with Crippen LogP contribution in [-0.2, 0) is 9.53 Å². The molecule has 0 N–H and O–H groups in total. The lowest BCUT2D eigenvalue weighted by atomic mass is 10.2. The Kier molecular flexibility index (Phi) is 4.42. The highest BCUT2D eigenvalue weighted by molar-refractivity contribution is 5.82. The molecule has 2 aliphatic rings. The zero-order valence-corrected chi connectivity index (χ0v) is 13.1. The zero-order valence-electron chi connectivity index (χ0n) is 13.1. The molecule has 0 radical (unpaired) electrons. The fourth-order valence-electron chi connectivity index (χ4n) is 2.79. The van der Waals surface area contributed by atoms with E-state index in [1.54, 1.807) is 19.4 Å². The smallest absolute Gasteiger partial charge is 0.228 e. The fourth-order valence-corrected chi connectivity index (χ4v) is 2.79. The molecule has 0 bridgehead atoms. The Morgan fingerprint density at radius 2 is 2.14 bits per heavy atom. The molecule has 120 valence electrons. The van der Waals surface area contributed by atoms with Crippen molar-refractivity contribution in [2.24, 2.45) is 5.92 Å². The van der Waals surface area contributed by atoms with Crippen molar-refractivity contribution in [2.45, 2.75) is 19.4 Å². The first-order valence-corrected chi connectivity index (χ1v) is 7.75. The molecule has 1 saturated carbocycles. The largest absolute Gasteiger partial charge is 0.481 e. The number of piperazine rings is 1. The van der Waals surface area contributed by atoms with E-state index in [1.807, 2.05) is 11.8 Å². The summed E-state index contributed by atoms with van der Waals surface area (Å²) >= 11 is 0. The van der Waals surface area contributed by atoms with Gasteiger partial charge in [-0.15, -0.1) is 0 Å². The molecular weight excluding hydrogens is 284 g/mol. The third-order valence-electron chi connectivity index (χ3n) is 4.13. The molecule has 7 nitrogen and oxygen atoms in total. The van der Waals surface area contributed by atoms with Crippen LogP contribution in [0.4, 0.5) is 5.95 Å². The van der Waals surface area contributed by atoms with Gasteiger partial charge in [-0.25, -0.2) is 4.98 Å². The van der Waals surface area contributed by atoms with E-state index in [4.69, 9.17) is 9.47 Å². The Hall–Kier alpha value is -1.89. The van der Waals surface area contributed by atoms with E-state index in [0.717, 1.165) is 19.5 Å². The summed E-state index contributed by atoms with van der Waals surface area (Å²) in [5, 5.41) is 0. The van der Waals surface area contributed by atoms with Crippen LogP contribution in [0, 0.1) is 5.92 Å². The predicted molar refractivity (Wildman–Crippen MR) is 80.9 cm³/mol. The topological polar surface area (TPSA) is 67.8 Å². The van der Waals surface area contributed by atoms with Gasteiger partial charge in [0.05, 0.1) is 19.1 Å². The summed E-state index contributed by atoms with van der Waals surface area (Å²) in [6.45, 7) is 5.53. The van der Waals surface area contributed by atoms with Gasteiger partial charge < -0.3 is 19.3 Å². The molecule has 1 aliphatic carbocycles. The summed E-state index contributed by atoms with van der Waals surface area (Å²) in [6.07, 6.45) is 2.69. The molecule has 2 heterocycles. The van der Waals surface area contributed by atoms with Crippen LogP contribution in [0.5, 0.6) is 5.88 Å². The summed E-state index contributed by atoms with van der Waals surface area (Å²) < 4.78 is 10.6. The van der Waals surface area contributed by atoms with Crippen LogP contribution >= 0.6 is 0 Å². The number of ether oxygens (including phenoxy) is 2. The second-order valence-corrected chi connectivity index (χ2v) is 5.55. The van der Waals surface area contributed by atoms with E-state index >= 15 is 0 Å². The van der Waals surface area contributed by atoms with Gasteiger partial charge in [0.2, 0.25) is 17.7 Å². The van der Waals surface area contributed by atoms with Crippen LogP contribution in [0.25, 0.3) is 0 Å². The maximum absolute atomic E-state index is 12.4. The number of carbonyl (C=O) groups is 1. The second kappa shape index (κ2) is 6.48. The molecule has 0 aromatic carbocycles. The highest BCUT2D eigenvalue weighted by Crippen LogP contribution is 2.35. The standard InChI is InChI=1S/C15H22N4O3/c1-3-22-12-10-11(12)14(20)18-6-8-19(9-7-18)15-16-5-4-13(17-15)21-2/h4-5,11-12H,3,6-10H2,1-2H3/t11-,12-/m0/s1. The fraction of sp³-hybridized carbons (Fsp3) is 0.667. The van der Waals surface area contributed by atoms with Gasteiger partial charge in [-0.2, -0.15) is 4.98 Å². The van der Waals surface area contributed by atoms with Crippen LogP contribution in [0.3, 0.4) is 0 Å². The zero-order chi connectivity index (χ0) is 15.5. The Morgan fingerprint density at radius 1 is 1.36 bits per heavy atom. The van der Waals surface area contributed by atoms with Crippen LogP contribution in [0.1, 0.15) is 13.3 Å². The minimum atomic E-state index is 0.0690. The molecule has 1 aliphatic heterocycles. The Bertz CT molecular complexity index is 531. The third-order valence-corrected chi connectivity index (χ3v) is 4.13. The van der Waals surface area contributed by atoms with Gasteiger partial charge in [0.15, 0.2) is 0 Å². The first kappa shape index (κ1) is 15.0. The Labute approximate surface area is 130 Å². The van der Waals surface area contributed by atoms with Crippen molar-refractivity contribution in [3.8, 4) is 5.88 Å². The average Bonchev–Trinajstić information content (AvgIpc) is 3.34. The molecule has 1 aromatic rings. The van der Waals surface area contributed by atoms with E-state index in [0.29, 0.717) is 31.5 Å². The van der Waals surface area contributed by atoms with Crippen molar-refractivity contribution in [2.75, 3.05) is 44.8 Å². The van der Waals surface area contributed by atoms with Crippen molar-refractivity contribution in [3.63, 3.8) is 0 Å². The van der Waals surface area contributed by atoms with Crippen molar-refractivity contribution < 1.29 is 14.3 Å². The number of hydrogen-bond donors (Lipinski definition) is 0. The Morgan fingerprint density at radius 3 is 2.82 bits per heavy atom. The molecule has 1 saturated heterocycles. The quantitative estimate of drug-likeness (QED) is 0.792. The lowest BCUT2D eigenvalue weighted by molar-refractivity contribution is -0.133. The highest BCUT2D eigenvalue weighted by atomic mass is 16.5. The average molecular weight is 306 g/mol. The molecular formula is C15H22N4O3. The summed E-state index contributed by atoms with van der Waals surface area (Å²) in [5.74, 6) is 1.51. The van der Waals surface area contributed by atoms with Gasteiger partial charge >= 0.3 is 0 Å². The van der Waals surface area contributed by atoms with Crippen molar-refractivity contribution in [1.29, 1.82) is 0 Å². The SMILES string of the molecule is CCO[C@H]1C[C@@H]1C(=O)N1CCN(c2nccc(OC)n2)CC1. The van der Waals surface area contributed by atoms with Gasteiger partial charge in [-0.1, -0.05) is 0 Å². The van der Waals surface area contributed by atoms with Crippen molar-refractivity contribution in [3.05, 3.63) is 12.3 Å². The monoisotopic (exact) mass is 306 g/mol. The first-order valence-electron chi connectivity index (χ1n) is 7.75. The molecule has 2 atom stereocenters. The number of rotatable bonds is 5. The third kappa shape index (κ3) is 3.14. The van der Waals surface area contributed by atoms with E-state index in [2.05, 4.69) is 14.9 Å². The lowest BCUT2D eigenvalue weighted by Crippen LogP contribution is -2.50. The number of carbonyl (C=O) groups excluding carboxylic acids is 1. The predicted octanol–water partition coefficient (Wildman–Crippen LogP) is 0.559.